The third-order valence-electron chi connectivity index (χ3n) is 1.66. The summed E-state index contributed by atoms with van der Waals surface area (Å²) in [5.41, 5.74) is 0.337. The average Bonchev–Trinajstić information content (AvgIpc) is 2.16. The fourth-order valence-electron chi connectivity index (χ4n) is 1.10. The molecule has 0 aliphatic carbocycles. The molecule has 0 amide bonds. The molecular weight excluding hydrogens is 229 g/mol. The molecule has 0 unspecified atom stereocenters. The number of ether oxygens (including phenoxy) is 1. The van der Waals surface area contributed by atoms with Crippen LogP contribution in [0.15, 0.2) is 12.1 Å². The predicted molar refractivity (Wildman–Crippen MR) is 54.2 cm³/mol. The van der Waals surface area contributed by atoms with Crippen molar-refractivity contribution in [3.63, 3.8) is 0 Å². The number of hydrogen-bond acceptors (Lipinski definition) is 3. The molecule has 0 aromatic heterocycles. The summed E-state index contributed by atoms with van der Waals surface area (Å²) in [4.78, 5) is 10.1. The Labute approximate surface area is 90.5 Å². The van der Waals surface area contributed by atoms with Crippen molar-refractivity contribution in [2.45, 2.75) is 5.88 Å². The van der Waals surface area contributed by atoms with Gasteiger partial charge in [0, 0.05) is 16.7 Å². The normalized spacial score (nSPS) is 9.93. The minimum atomic E-state index is -0.555. The van der Waals surface area contributed by atoms with Crippen LogP contribution in [0.1, 0.15) is 5.56 Å². The number of hydrogen-bond donors (Lipinski definition) is 0. The molecule has 0 spiro atoms. The number of benzene rings is 1. The maximum absolute atomic E-state index is 10.6. The molecule has 0 radical (unpaired) electrons. The zero-order valence-electron chi connectivity index (χ0n) is 7.29. The molecule has 76 valence electrons. The van der Waals surface area contributed by atoms with Gasteiger partial charge in [-0.05, 0) is 6.07 Å². The number of alkyl halides is 1. The van der Waals surface area contributed by atoms with E-state index in [1.807, 2.05) is 0 Å². The largest absolute Gasteiger partial charge is 0.490 e. The van der Waals surface area contributed by atoms with Crippen LogP contribution in [0.4, 0.5) is 5.69 Å². The van der Waals surface area contributed by atoms with E-state index in [2.05, 4.69) is 0 Å². The number of halogens is 2. The second-order valence-electron chi connectivity index (χ2n) is 2.51. The first-order chi connectivity index (χ1) is 6.60. The summed E-state index contributed by atoms with van der Waals surface area (Å²) in [5.74, 6) is 0.277. The van der Waals surface area contributed by atoms with E-state index in [0.717, 1.165) is 0 Å². The van der Waals surface area contributed by atoms with Gasteiger partial charge in [0.1, 0.15) is 0 Å². The lowest BCUT2D eigenvalue weighted by molar-refractivity contribution is -0.385. The van der Waals surface area contributed by atoms with Crippen LogP contribution in [-0.2, 0) is 5.88 Å². The first-order valence-corrected chi connectivity index (χ1v) is 4.58. The third kappa shape index (κ3) is 2.08. The third-order valence-corrected chi connectivity index (χ3v) is 2.16. The highest BCUT2D eigenvalue weighted by Crippen LogP contribution is 2.34. The Morgan fingerprint density at radius 1 is 1.57 bits per heavy atom. The Morgan fingerprint density at radius 3 is 2.64 bits per heavy atom. The number of nitrogens with zero attached hydrogens (tertiary/aromatic N) is 1. The monoisotopic (exact) mass is 235 g/mol. The van der Waals surface area contributed by atoms with E-state index in [1.54, 1.807) is 6.07 Å². The lowest BCUT2D eigenvalue weighted by Gasteiger charge is -2.06. The molecule has 0 atom stereocenters. The van der Waals surface area contributed by atoms with Crippen LogP contribution in [0, 0.1) is 10.1 Å². The Balaban J connectivity index is 3.39. The second kappa shape index (κ2) is 4.48. The molecule has 1 aromatic rings. The Hall–Kier alpha value is -1.00. The van der Waals surface area contributed by atoms with Crippen LogP contribution in [0.25, 0.3) is 0 Å². The minimum Gasteiger partial charge on any atom is -0.490 e. The highest BCUT2D eigenvalue weighted by Gasteiger charge is 2.19. The molecular formula is C8H7Cl2NO3. The van der Waals surface area contributed by atoms with Gasteiger partial charge in [0.2, 0.25) is 5.75 Å². The zero-order valence-corrected chi connectivity index (χ0v) is 8.80. The number of rotatable bonds is 3. The molecule has 1 aromatic carbocycles. The predicted octanol–water partition coefficient (Wildman–Crippen LogP) is 3.00. The number of nitro benzene ring substituents is 1. The van der Waals surface area contributed by atoms with Gasteiger partial charge >= 0.3 is 5.69 Å². The van der Waals surface area contributed by atoms with Crippen molar-refractivity contribution in [1.82, 2.24) is 0 Å². The lowest BCUT2D eigenvalue weighted by atomic mass is 10.2. The van der Waals surface area contributed by atoms with Gasteiger partial charge in [-0.15, -0.1) is 11.6 Å². The SMILES string of the molecule is COc1c(CCl)cc(Cl)cc1[N+](=O)[O-]. The first kappa shape index (κ1) is 11.1. The Morgan fingerprint density at radius 2 is 2.21 bits per heavy atom. The van der Waals surface area contributed by atoms with E-state index in [4.69, 9.17) is 27.9 Å². The van der Waals surface area contributed by atoms with Gasteiger partial charge in [0.05, 0.1) is 17.9 Å². The highest BCUT2D eigenvalue weighted by molar-refractivity contribution is 6.31. The molecule has 1 rings (SSSR count). The lowest BCUT2D eigenvalue weighted by Crippen LogP contribution is -1.97. The van der Waals surface area contributed by atoms with Crippen molar-refractivity contribution in [2.24, 2.45) is 0 Å². The van der Waals surface area contributed by atoms with Crippen LogP contribution >= 0.6 is 23.2 Å². The molecule has 6 heteroatoms. The van der Waals surface area contributed by atoms with E-state index in [-0.39, 0.29) is 22.3 Å². The van der Waals surface area contributed by atoms with Crippen molar-refractivity contribution in [3.8, 4) is 5.75 Å². The Kier molecular flexibility index (Phi) is 3.55. The van der Waals surface area contributed by atoms with E-state index >= 15 is 0 Å². The highest BCUT2D eigenvalue weighted by atomic mass is 35.5. The zero-order chi connectivity index (χ0) is 10.7. The number of methoxy groups -OCH3 is 1. The smallest absolute Gasteiger partial charge is 0.312 e. The number of nitro groups is 1. The molecule has 14 heavy (non-hydrogen) atoms. The summed E-state index contributed by atoms with van der Waals surface area (Å²) >= 11 is 11.3. The molecule has 0 aliphatic rings. The fraction of sp³-hybridized carbons (Fsp3) is 0.250. The minimum absolute atomic E-state index is 0.116. The Bertz CT molecular complexity index is 368. The molecule has 0 heterocycles. The molecule has 4 nitrogen and oxygen atoms in total. The molecule has 0 N–H and O–H groups in total. The summed E-state index contributed by atoms with van der Waals surface area (Å²) in [6.07, 6.45) is 0. The summed E-state index contributed by atoms with van der Waals surface area (Å²) in [7, 11) is 1.35. The topological polar surface area (TPSA) is 52.4 Å². The summed E-state index contributed by atoms with van der Waals surface area (Å²) < 4.78 is 4.90. The average molecular weight is 236 g/mol. The summed E-state index contributed by atoms with van der Waals surface area (Å²) in [5, 5.41) is 10.9. The quantitative estimate of drug-likeness (QED) is 0.460. The van der Waals surface area contributed by atoms with Crippen molar-refractivity contribution >= 4 is 28.9 Å². The molecule has 0 saturated heterocycles. The summed E-state index contributed by atoms with van der Waals surface area (Å²) in [6.45, 7) is 0. The first-order valence-electron chi connectivity index (χ1n) is 3.67. The second-order valence-corrected chi connectivity index (χ2v) is 3.21. The maximum Gasteiger partial charge on any atom is 0.312 e. The molecule has 0 bridgehead atoms. The van der Waals surface area contributed by atoms with Crippen LogP contribution in [0.2, 0.25) is 5.02 Å². The van der Waals surface area contributed by atoms with Gasteiger partial charge < -0.3 is 4.74 Å². The van der Waals surface area contributed by atoms with Crippen LogP contribution in [0.3, 0.4) is 0 Å². The van der Waals surface area contributed by atoms with E-state index in [9.17, 15) is 10.1 Å². The van der Waals surface area contributed by atoms with E-state index in [1.165, 1.54) is 13.2 Å². The van der Waals surface area contributed by atoms with Crippen LogP contribution < -0.4 is 4.74 Å². The van der Waals surface area contributed by atoms with Gasteiger partial charge in [-0.25, -0.2) is 0 Å². The maximum atomic E-state index is 10.6. The van der Waals surface area contributed by atoms with Gasteiger partial charge in [-0.1, -0.05) is 11.6 Å². The van der Waals surface area contributed by atoms with Crippen molar-refractivity contribution < 1.29 is 9.66 Å². The van der Waals surface area contributed by atoms with Gasteiger partial charge in [-0.3, -0.25) is 10.1 Å². The van der Waals surface area contributed by atoms with Gasteiger partial charge in [0.15, 0.2) is 0 Å². The van der Waals surface area contributed by atoms with Crippen LogP contribution in [-0.4, -0.2) is 12.0 Å². The van der Waals surface area contributed by atoms with Crippen molar-refractivity contribution in [2.75, 3.05) is 7.11 Å². The van der Waals surface area contributed by atoms with Crippen molar-refractivity contribution in [1.29, 1.82) is 0 Å². The van der Waals surface area contributed by atoms with Gasteiger partial charge in [0.25, 0.3) is 0 Å². The molecule has 0 aliphatic heterocycles. The van der Waals surface area contributed by atoms with E-state index in [0.29, 0.717) is 5.56 Å². The fourth-order valence-corrected chi connectivity index (χ4v) is 1.54. The van der Waals surface area contributed by atoms with Crippen LogP contribution in [0.5, 0.6) is 5.75 Å². The molecule has 0 fully saturated rings. The van der Waals surface area contributed by atoms with E-state index < -0.39 is 4.92 Å². The van der Waals surface area contributed by atoms with Crippen molar-refractivity contribution in [3.05, 3.63) is 32.8 Å². The van der Waals surface area contributed by atoms with Gasteiger partial charge in [-0.2, -0.15) is 0 Å². The molecule has 0 saturated carbocycles. The standard InChI is InChI=1S/C8H7Cl2NO3/c1-14-8-5(4-9)2-6(10)3-7(8)11(12)13/h2-3H,4H2,1H3. The summed E-state index contributed by atoms with van der Waals surface area (Å²) in [6, 6.07) is 2.77.